The number of nitriles is 1. The number of nitrogens with zero attached hydrogens (tertiary/aromatic N) is 1. The summed E-state index contributed by atoms with van der Waals surface area (Å²) in [6.45, 7) is 0. The summed E-state index contributed by atoms with van der Waals surface area (Å²) < 4.78 is 0. The summed E-state index contributed by atoms with van der Waals surface area (Å²) in [5.41, 5.74) is -2.39. The predicted molar refractivity (Wildman–Crippen MR) is 40.2 cm³/mol. The lowest BCUT2D eigenvalue weighted by Crippen LogP contribution is -2.34. The first kappa shape index (κ1) is 11.9. The van der Waals surface area contributed by atoms with Crippen LogP contribution in [0.1, 0.15) is 12.8 Å². The standard InChI is InChI=1S/C7H7NO6/c8-3-7(6(13)14,1-4(9)10)2-5(11)12/h1-2H2,(H,9,10)(H,11,12)(H,13,14). The van der Waals surface area contributed by atoms with Gasteiger partial charge in [0.15, 0.2) is 5.41 Å². The zero-order valence-corrected chi connectivity index (χ0v) is 6.93. The number of hydrogen-bond acceptors (Lipinski definition) is 4. The van der Waals surface area contributed by atoms with Crippen molar-refractivity contribution >= 4 is 17.9 Å². The number of rotatable bonds is 5. The molecular formula is C7H7NO6. The lowest BCUT2D eigenvalue weighted by molar-refractivity contribution is -0.156. The molecule has 0 spiro atoms. The van der Waals surface area contributed by atoms with Gasteiger partial charge in [-0.3, -0.25) is 14.4 Å². The van der Waals surface area contributed by atoms with E-state index in [0.717, 1.165) is 0 Å². The van der Waals surface area contributed by atoms with Crippen LogP contribution in [-0.2, 0) is 14.4 Å². The van der Waals surface area contributed by atoms with E-state index in [0.29, 0.717) is 0 Å². The normalized spacial score (nSPS) is 10.2. The number of aliphatic carboxylic acids is 3. The van der Waals surface area contributed by atoms with E-state index in [2.05, 4.69) is 0 Å². The maximum Gasteiger partial charge on any atom is 0.325 e. The van der Waals surface area contributed by atoms with E-state index in [9.17, 15) is 14.4 Å². The third kappa shape index (κ3) is 2.75. The minimum absolute atomic E-state index is 1.04. The Labute approximate surface area is 78.2 Å². The van der Waals surface area contributed by atoms with Crippen molar-refractivity contribution < 1.29 is 29.7 Å². The van der Waals surface area contributed by atoms with Crippen LogP contribution in [-0.4, -0.2) is 33.2 Å². The Morgan fingerprint density at radius 1 is 1.07 bits per heavy atom. The number of hydrogen-bond donors (Lipinski definition) is 3. The first-order valence-corrected chi connectivity index (χ1v) is 3.42. The van der Waals surface area contributed by atoms with Crippen molar-refractivity contribution in [2.24, 2.45) is 5.41 Å². The van der Waals surface area contributed by atoms with Crippen LogP contribution in [0.2, 0.25) is 0 Å². The van der Waals surface area contributed by atoms with Crippen LogP contribution in [0.4, 0.5) is 0 Å². The quantitative estimate of drug-likeness (QED) is 0.546. The molecule has 0 saturated heterocycles. The fourth-order valence-electron chi connectivity index (χ4n) is 0.857. The highest BCUT2D eigenvalue weighted by Crippen LogP contribution is 2.26. The Balaban J connectivity index is 5.00. The van der Waals surface area contributed by atoms with Gasteiger partial charge in [0.05, 0.1) is 18.9 Å². The van der Waals surface area contributed by atoms with Gasteiger partial charge in [-0.15, -0.1) is 0 Å². The molecule has 0 atom stereocenters. The highest BCUT2D eigenvalue weighted by molar-refractivity contribution is 5.88. The Hall–Kier alpha value is -2.10. The van der Waals surface area contributed by atoms with Crippen LogP contribution in [0, 0.1) is 16.7 Å². The molecule has 7 nitrogen and oxygen atoms in total. The molecule has 0 amide bonds. The largest absolute Gasteiger partial charge is 0.481 e. The lowest BCUT2D eigenvalue weighted by Gasteiger charge is -2.16. The molecule has 0 fully saturated rings. The number of carboxylic acid groups (broad SMARTS) is 3. The van der Waals surface area contributed by atoms with Crippen LogP contribution >= 0.6 is 0 Å². The van der Waals surface area contributed by atoms with E-state index in [1.165, 1.54) is 6.07 Å². The van der Waals surface area contributed by atoms with Gasteiger partial charge >= 0.3 is 17.9 Å². The average molecular weight is 201 g/mol. The van der Waals surface area contributed by atoms with Crippen molar-refractivity contribution in [2.75, 3.05) is 0 Å². The topological polar surface area (TPSA) is 136 Å². The molecule has 0 bridgehead atoms. The van der Waals surface area contributed by atoms with Crippen molar-refractivity contribution in [2.45, 2.75) is 12.8 Å². The van der Waals surface area contributed by atoms with Gasteiger partial charge in [0.1, 0.15) is 0 Å². The third-order valence-electron chi connectivity index (χ3n) is 1.53. The summed E-state index contributed by atoms with van der Waals surface area (Å²) >= 11 is 0. The molecule has 0 aliphatic rings. The minimum Gasteiger partial charge on any atom is -0.481 e. The molecule has 0 aliphatic heterocycles. The Morgan fingerprint density at radius 3 is 1.57 bits per heavy atom. The third-order valence-corrected chi connectivity index (χ3v) is 1.53. The highest BCUT2D eigenvalue weighted by Gasteiger charge is 2.43. The van der Waals surface area contributed by atoms with Crippen molar-refractivity contribution in [3.05, 3.63) is 0 Å². The molecule has 3 N–H and O–H groups in total. The van der Waals surface area contributed by atoms with Crippen LogP contribution in [0.3, 0.4) is 0 Å². The maximum atomic E-state index is 10.6. The van der Waals surface area contributed by atoms with Crippen molar-refractivity contribution in [1.29, 1.82) is 5.26 Å². The Morgan fingerprint density at radius 2 is 1.43 bits per heavy atom. The van der Waals surface area contributed by atoms with Crippen molar-refractivity contribution in [3.8, 4) is 6.07 Å². The zero-order chi connectivity index (χ0) is 11.4. The summed E-state index contributed by atoms with van der Waals surface area (Å²) in [6.07, 6.45) is -2.07. The van der Waals surface area contributed by atoms with Crippen molar-refractivity contribution in [3.63, 3.8) is 0 Å². The second kappa shape index (κ2) is 4.23. The molecule has 7 heteroatoms. The Kier molecular flexibility index (Phi) is 3.59. The monoisotopic (exact) mass is 201 g/mol. The summed E-state index contributed by atoms with van der Waals surface area (Å²) in [5.74, 6) is -4.81. The number of carbonyl (C=O) groups is 3. The predicted octanol–water partition coefficient (Wildman–Crippen LogP) is -0.470. The van der Waals surface area contributed by atoms with Crippen LogP contribution in [0.25, 0.3) is 0 Å². The van der Waals surface area contributed by atoms with E-state index in [4.69, 9.17) is 20.6 Å². The van der Waals surface area contributed by atoms with Gasteiger partial charge in [0, 0.05) is 0 Å². The second-order valence-electron chi connectivity index (χ2n) is 2.64. The molecule has 76 valence electrons. The summed E-state index contributed by atoms with van der Waals surface area (Å²) in [7, 11) is 0. The molecule has 0 rings (SSSR count). The number of carboxylic acids is 3. The first-order chi connectivity index (χ1) is 6.34. The zero-order valence-electron chi connectivity index (χ0n) is 6.93. The van der Waals surface area contributed by atoms with E-state index in [1.54, 1.807) is 0 Å². The van der Waals surface area contributed by atoms with Gasteiger partial charge < -0.3 is 15.3 Å². The second-order valence-corrected chi connectivity index (χ2v) is 2.64. The van der Waals surface area contributed by atoms with Gasteiger partial charge in [-0.2, -0.15) is 5.26 Å². The van der Waals surface area contributed by atoms with Gasteiger partial charge in [-0.25, -0.2) is 0 Å². The summed E-state index contributed by atoms with van der Waals surface area (Å²) in [6, 6.07) is 1.22. The maximum absolute atomic E-state index is 10.6. The van der Waals surface area contributed by atoms with Gasteiger partial charge in [-0.1, -0.05) is 0 Å². The molecule has 0 aromatic heterocycles. The highest BCUT2D eigenvalue weighted by atomic mass is 16.4. The van der Waals surface area contributed by atoms with Crippen molar-refractivity contribution in [1.82, 2.24) is 0 Å². The van der Waals surface area contributed by atoms with Gasteiger partial charge in [0.2, 0.25) is 0 Å². The van der Waals surface area contributed by atoms with Gasteiger partial charge in [0.25, 0.3) is 0 Å². The van der Waals surface area contributed by atoms with Gasteiger partial charge in [-0.05, 0) is 0 Å². The van der Waals surface area contributed by atoms with Crippen LogP contribution < -0.4 is 0 Å². The van der Waals surface area contributed by atoms with E-state index in [1.807, 2.05) is 0 Å². The lowest BCUT2D eigenvalue weighted by atomic mass is 9.83. The fraction of sp³-hybridized carbons (Fsp3) is 0.429. The van der Waals surface area contributed by atoms with Crippen LogP contribution in [0.15, 0.2) is 0 Å². The molecule has 0 aromatic carbocycles. The Bertz CT molecular complexity index is 299. The SMILES string of the molecule is N#CC(CC(=O)O)(CC(=O)O)C(=O)O. The first-order valence-electron chi connectivity index (χ1n) is 3.42. The molecule has 0 heterocycles. The molecule has 0 radical (unpaired) electrons. The average Bonchev–Trinajstić information content (AvgIpc) is 2.00. The molecule has 0 saturated carbocycles. The van der Waals surface area contributed by atoms with E-state index in [-0.39, 0.29) is 0 Å². The summed E-state index contributed by atoms with van der Waals surface area (Å²) in [4.78, 5) is 31.1. The molecule has 14 heavy (non-hydrogen) atoms. The minimum atomic E-state index is -2.39. The molecule has 0 aliphatic carbocycles. The van der Waals surface area contributed by atoms with E-state index >= 15 is 0 Å². The summed E-state index contributed by atoms with van der Waals surface area (Å²) in [5, 5.41) is 33.7. The molecule has 0 unspecified atom stereocenters. The fourth-order valence-corrected chi connectivity index (χ4v) is 0.857. The van der Waals surface area contributed by atoms with E-state index < -0.39 is 36.2 Å². The molecular weight excluding hydrogens is 194 g/mol. The van der Waals surface area contributed by atoms with Crippen LogP contribution in [0.5, 0.6) is 0 Å². The smallest absolute Gasteiger partial charge is 0.325 e. The molecule has 0 aromatic rings.